The monoisotopic (exact) mass is 352 g/mol. The van der Waals surface area contributed by atoms with Crippen LogP contribution in [0.5, 0.6) is 0 Å². The van der Waals surface area contributed by atoms with E-state index in [4.69, 9.17) is 0 Å². The van der Waals surface area contributed by atoms with Gasteiger partial charge in [0.05, 0.1) is 11.2 Å². The van der Waals surface area contributed by atoms with E-state index in [2.05, 4.69) is 43.5 Å². The van der Waals surface area contributed by atoms with E-state index in [1.807, 2.05) is 18.9 Å². The lowest BCUT2D eigenvalue weighted by molar-refractivity contribution is -0.147. The van der Waals surface area contributed by atoms with E-state index in [1.54, 1.807) is 0 Å². The van der Waals surface area contributed by atoms with Crippen LogP contribution in [0.25, 0.3) is 0 Å². The second kappa shape index (κ2) is 4.64. The van der Waals surface area contributed by atoms with E-state index in [0.717, 1.165) is 32.6 Å². The molecule has 2 heterocycles. The summed E-state index contributed by atoms with van der Waals surface area (Å²) >= 11 is 2.32. The average Bonchev–Trinajstić information content (AvgIpc) is 2.27. The van der Waals surface area contributed by atoms with Crippen LogP contribution in [0, 0.1) is 0 Å². The van der Waals surface area contributed by atoms with Crippen molar-refractivity contribution in [1.82, 2.24) is 18.6 Å². The van der Waals surface area contributed by atoms with Crippen LogP contribution in [0.15, 0.2) is 0 Å². The Labute approximate surface area is 117 Å². The molecule has 1 amide bonds. The minimum atomic E-state index is -0.384. The highest BCUT2D eigenvalue weighted by atomic mass is 127. The number of piperazine rings is 1. The van der Waals surface area contributed by atoms with Gasteiger partial charge in [-0.05, 0) is 20.9 Å². The van der Waals surface area contributed by atoms with Crippen LogP contribution < -0.4 is 10.6 Å². The standard InChI is InChI=1S/C11H21IN4O/c1-10(8-11(2,13-3)14-10)9(17)15-4-6-16(12)7-5-15/h13-14H,4-8H2,1-3H3. The normalized spacial score (nSPS) is 38.9. The Bertz CT molecular complexity index is 309. The maximum Gasteiger partial charge on any atom is 0.242 e. The second-order valence-corrected chi connectivity index (χ2v) is 6.78. The molecule has 2 atom stereocenters. The molecule has 17 heavy (non-hydrogen) atoms. The number of nitrogens with one attached hydrogen (secondary N) is 2. The number of amides is 1. The first-order valence-corrected chi connectivity index (χ1v) is 7.03. The fourth-order valence-corrected chi connectivity index (χ4v) is 3.24. The van der Waals surface area contributed by atoms with Crippen molar-refractivity contribution in [2.45, 2.75) is 31.5 Å². The first kappa shape index (κ1) is 13.5. The smallest absolute Gasteiger partial charge is 0.242 e. The van der Waals surface area contributed by atoms with Crippen molar-refractivity contribution in [2.24, 2.45) is 0 Å². The Morgan fingerprint density at radius 3 is 2.29 bits per heavy atom. The number of halogens is 1. The largest absolute Gasteiger partial charge is 0.338 e. The Morgan fingerprint density at radius 1 is 1.29 bits per heavy atom. The van der Waals surface area contributed by atoms with Crippen LogP contribution in [-0.2, 0) is 4.79 Å². The molecule has 0 aromatic rings. The summed E-state index contributed by atoms with van der Waals surface area (Å²) in [5.74, 6) is 0.245. The molecule has 2 fully saturated rings. The van der Waals surface area contributed by atoms with Crippen LogP contribution >= 0.6 is 22.9 Å². The van der Waals surface area contributed by atoms with Crippen LogP contribution in [0.4, 0.5) is 0 Å². The fraction of sp³-hybridized carbons (Fsp3) is 0.909. The molecule has 98 valence electrons. The van der Waals surface area contributed by atoms with E-state index >= 15 is 0 Å². The summed E-state index contributed by atoms with van der Waals surface area (Å²) in [4.78, 5) is 14.4. The lowest BCUT2D eigenvalue weighted by atomic mass is 9.78. The molecule has 0 aromatic heterocycles. The van der Waals surface area contributed by atoms with Gasteiger partial charge in [0, 0.05) is 55.5 Å². The molecule has 0 aliphatic carbocycles. The molecule has 0 saturated carbocycles. The molecule has 0 spiro atoms. The highest BCUT2D eigenvalue weighted by molar-refractivity contribution is 14.1. The third-order valence-corrected chi connectivity index (χ3v) is 4.76. The van der Waals surface area contributed by atoms with E-state index in [-0.39, 0.29) is 17.1 Å². The first-order chi connectivity index (χ1) is 7.88. The first-order valence-electron chi connectivity index (χ1n) is 6.07. The zero-order valence-corrected chi connectivity index (χ0v) is 12.9. The molecule has 5 nitrogen and oxygen atoms in total. The van der Waals surface area contributed by atoms with Crippen molar-refractivity contribution in [3.8, 4) is 0 Å². The van der Waals surface area contributed by atoms with Crippen molar-refractivity contribution in [3.05, 3.63) is 0 Å². The Hall–Kier alpha value is 0.0800. The second-order valence-electron chi connectivity index (χ2n) is 5.42. The minimum absolute atomic E-state index is 0.0878. The van der Waals surface area contributed by atoms with E-state index in [9.17, 15) is 4.79 Å². The predicted octanol–water partition coefficient (Wildman–Crippen LogP) is 0.168. The van der Waals surface area contributed by atoms with Gasteiger partial charge in [-0.1, -0.05) is 0 Å². The topological polar surface area (TPSA) is 47.6 Å². The highest BCUT2D eigenvalue weighted by Gasteiger charge is 2.53. The van der Waals surface area contributed by atoms with Gasteiger partial charge in [0.1, 0.15) is 0 Å². The molecule has 6 heteroatoms. The number of rotatable bonds is 2. The van der Waals surface area contributed by atoms with Gasteiger partial charge in [-0.3, -0.25) is 10.1 Å². The van der Waals surface area contributed by atoms with Crippen LogP contribution in [0.1, 0.15) is 20.3 Å². The van der Waals surface area contributed by atoms with Gasteiger partial charge in [0.2, 0.25) is 5.91 Å². The van der Waals surface area contributed by atoms with Gasteiger partial charge >= 0.3 is 0 Å². The number of carbonyl (C=O) groups excluding carboxylic acids is 1. The van der Waals surface area contributed by atoms with Crippen molar-refractivity contribution in [3.63, 3.8) is 0 Å². The molecule has 2 aliphatic rings. The van der Waals surface area contributed by atoms with Crippen LogP contribution in [0.3, 0.4) is 0 Å². The predicted molar refractivity (Wildman–Crippen MR) is 75.8 cm³/mol. The fourth-order valence-electron chi connectivity index (χ4n) is 2.81. The maximum atomic E-state index is 12.4. The summed E-state index contributed by atoms with van der Waals surface area (Å²) in [6, 6.07) is 0. The average molecular weight is 352 g/mol. The van der Waals surface area contributed by atoms with Gasteiger partial charge in [-0.15, -0.1) is 0 Å². The van der Waals surface area contributed by atoms with E-state index in [0.29, 0.717) is 0 Å². The van der Waals surface area contributed by atoms with Crippen molar-refractivity contribution in [2.75, 3.05) is 33.2 Å². The quantitative estimate of drug-likeness (QED) is 0.550. The van der Waals surface area contributed by atoms with Crippen LogP contribution in [-0.4, -0.2) is 58.3 Å². The lowest BCUT2D eigenvalue weighted by Gasteiger charge is -2.54. The number of carbonyl (C=O) groups is 1. The highest BCUT2D eigenvalue weighted by Crippen LogP contribution is 2.33. The van der Waals surface area contributed by atoms with E-state index < -0.39 is 0 Å². The summed E-state index contributed by atoms with van der Waals surface area (Å²) in [5.41, 5.74) is -0.472. The molecular formula is C11H21IN4O. The lowest BCUT2D eigenvalue weighted by Crippen LogP contribution is -2.79. The molecule has 0 bridgehead atoms. The summed E-state index contributed by atoms with van der Waals surface area (Å²) in [7, 11) is 1.92. The Morgan fingerprint density at radius 2 is 1.82 bits per heavy atom. The van der Waals surface area contributed by atoms with Gasteiger partial charge < -0.3 is 10.2 Å². The molecule has 2 aliphatic heterocycles. The van der Waals surface area contributed by atoms with Gasteiger partial charge in [0.25, 0.3) is 0 Å². The molecule has 2 rings (SSSR count). The molecule has 0 aromatic carbocycles. The van der Waals surface area contributed by atoms with Crippen molar-refractivity contribution >= 4 is 28.8 Å². The summed E-state index contributed by atoms with van der Waals surface area (Å²) in [6.07, 6.45) is 0.847. The summed E-state index contributed by atoms with van der Waals surface area (Å²) in [5, 5.41) is 6.58. The Kier molecular flexibility index (Phi) is 3.69. The van der Waals surface area contributed by atoms with Gasteiger partial charge in [0.15, 0.2) is 0 Å². The van der Waals surface area contributed by atoms with Crippen LogP contribution in [0.2, 0.25) is 0 Å². The van der Waals surface area contributed by atoms with E-state index in [1.165, 1.54) is 0 Å². The zero-order chi connectivity index (χ0) is 12.7. The van der Waals surface area contributed by atoms with Crippen molar-refractivity contribution in [1.29, 1.82) is 0 Å². The SMILES string of the molecule is CNC1(C)CC(C)(C(=O)N2CCN(I)CC2)N1. The number of hydrogen-bond acceptors (Lipinski definition) is 4. The third-order valence-electron chi connectivity index (χ3n) is 3.79. The maximum absolute atomic E-state index is 12.4. The Balaban J connectivity index is 1.93. The molecule has 2 saturated heterocycles. The summed E-state index contributed by atoms with van der Waals surface area (Å²) < 4.78 is 2.23. The van der Waals surface area contributed by atoms with Gasteiger partial charge in [-0.2, -0.15) is 0 Å². The number of nitrogens with zero attached hydrogens (tertiary/aromatic N) is 2. The molecule has 2 unspecified atom stereocenters. The van der Waals surface area contributed by atoms with Crippen molar-refractivity contribution < 1.29 is 4.79 Å². The minimum Gasteiger partial charge on any atom is -0.338 e. The zero-order valence-electron chi connectivity index (χ0n) is 10.7. The molecular weight excluding hydrogens is 331 g/mol. The number of hydrogen-bond donors (Lipinski definition) is 2. The molecule has 2 N–H and O–H groups in total. The summed E-state index contributed by atoms with van der Waals surface area (Å²) in [6.45, 7) is 7.71. The van der Waals surface area contributed by atoms with Gasteiger partial charge in [-0.25, -0.2) is 3.11 Å². The third kappa shape index (κ3) is 2.59. The molecule has 0 radical (unpaired) electrons.